The van der Waals surface area contributed by atoms with E-state index >= 15 is 0 Å². The largest absolute Gasteiger partial charge is 0.475 e. The van der Waals surface area contributed by atoms with Gasteiger partial charge in [-0.1, -0.05) is 40.5 Å². The Balaban J connectivity index is 0.000000134. The van der Waals surface area contributed by atoms with Crippen LogP contribution in [0.1, 0.15) is 124 Å². The maximum atomic E-state index is 13.0. The molecule has 1 atom stereocenters. The SMILES string of the molecule is CC1(C)c2cn[nH]c2-c2[nH]c3ccc(C(=O)NC4CCCC4)cc3c21.CC1(C)c2cn[nH]c2-c2[nH]c3ccc(C(=O)NC4CCN(C(=O)c5ncn[nH]5)C4)cc3c21.O=C(O)c1ncn[nH]1. The van der Waals surface area contributed by atoms with Crippen molar-refractivity contribution in [1.29, 1.82) is 0 Å². The quantitative estimate of drug-likeness (QED) is 0.103. The van der Waals surface area contributed by atoms with Crippen LogP contribution in [-0.2, 0) is 10.8 Å². The van der Waals surface area contributed by atoms with Gasteiger partial charge in [0, 0.05) is 80.1 Å². The zero-order chi connectivity index (χ0) is 45.2. The number of amides is 3. The first kappa shape index (κ1) is 41.1. The number of benzene rings is 2. The first-order valence-electron chi connectivity index (χ1n) is 21.6. The van der Waals surface area contributed by atoms with E-state index in [4.69, 9.17) is 5.11 Å². The number of aromatic nitrogens is 12. The molecule has 1 saturated heterocycles. The number of carbonyl (C=O) groups excluding carboxylic acids is 3. The Hall–Kier alpha value is -7.90. The van der Waals surface area contributed by atoms with Crippen molar-refractivity contribution in [2.75, 3.05) is 13.1 Å². The first-order chi connectivity index (χ1) is 31.3. The van der Waals surface area contributed by atoms with Gasteiger partial charge < -0.3 is 30.6 Å². The average molecular weight is 878 g/mol. The van der Waals surface area contributed by atoms with Gasteiger partial charge in [0.25, 0.3) is 17.7 Å². The summed E-state index contributed by atoms with van der Waals surface area (Å²) in [5.74, 6) is -1.32. The number of aromatic amines is 6. The van der Waals surface area contributed by atoms with Crippen LogP contribution in [0.3, 0.4) is 0 Å². The van der Waals surface area contributed by atoms with Crippen LogP contribution in [0.2, 0.25) is 0 Å². The monoisotopic (exact) mass is 877 g/mol. The zero-order valence-electron chi connectivity index (χ0n) is 36.1. The molecule has 0 bridgehead atoms. The van der Waals surface area contributed by atoms with Crippen molar-refractivity contribution < 1.29 is 24.3 Å². The molecule has 0 radical (unpaired) electrons. The van der Waals surface area contributed by atoms with Gasteiger partial charge in [-0.05, 0) is 66.8 Å². The van der Waals surface area contributed by atoms with Crippen molar-refractivity contribution in [3.63, 3.8) is 0 Å². The van der Waals surface area contributed by atoms with Gasteiger partial charge in [-0.25, -0.2) is 14.8 Å². The van der Waals surface area contributed by atoms with Crippen LogP contribution in [0.15, 0.2) is 61.4 Å². The molecule has 1 unspecified atom stereocenters. The fraction of sp³-hybridized carbons (Fsp3) is 0.333. The van der Waals surface area contributed by atoms with Gasteiger partial charge in [0.1, 0.15) is 12.7 Å². The number of nitrogens with one attached hydrogen (secondary N) is 8. The van der Waals surface area contributed by atoms with Gasteiger partial charge >= 0.3 is 5.97 Å². The third-order valence-corrected chi connectivity index (χ3v) is 13.2. The summed E-state index contributed by atoms with van der Waals surface area (Å²) in [6.07, 6.45) is 11.6. The van der Waals surface area contributed by atoms with Crippen LogP contribution in [-0.4, -0.2) is 120 Å². The average Bonchev–Trinajstić information content (AvgIpc) is 4.14. The van der Waals surface area contributed by atoms with E-state index in [9.17, 15) is 19.2 Å². The van der Waals surface area contributed by atoms with Gasteiger partial charge in [0.05, 0.1) is 35.2 Å². The molecule has 6 aromatic heterocycles. The molecule has 9 N–H and O–H groups in total. The second-order valence-electron chi connectivity index (χ2n) is 18.0. The molecular formula is C45H47N15O5. The molecule has 3 aliphatic carbocycles. The number of aromatic carboxylic acids is 1. The molecule has 20 nitrogen and oxygen atoms in total. The lowest BCUT2D eigenvalue weighted by Gasteiger charge is -2.19. The van der Waals surface area contributed by atoms with Crippen molar-refractivity contribution >= 4 is 45.5 Å². The molecule has 65 heavy (non-hydrogen) atoms. The Morgan fingerprint density at radius 1 is 0.646 bits per heavy atom. The van der Waals surface area contributed by atoms with Crippen LogP contribution >= 0.6 is 0 Å². The van der Waals surface area contributed by atoms with E-state index in [2.05, 4.69) is 99.1 Å². The Morgan fingerprint density at radius 2 is 1.15 bits per heavy atom. The Bertz CT molecular complexity index is 3110. The van der Waals surface area contributed by atoms with E-state index in [1.807, 2.05) is 48.8 Å². The van der Waals surface area contributed by atoms with Crippen LogP contribution in [0.25, 0.3) is 44.6 Å². The number of hydrogen-bond donors (Lipinski definition) is 9. The number of nitrogens with zero attached hydrogens (tertiary/aromatic N) is 7. The number of likely N-dealkylation sites (tertiary alicyclic amines) is 1. The molecule has 1 saturated carbocycles. The molecule has 332 valence electrons. The fourth-order valence-corrected chi connectivity index (χ4v) is 9.95. The summed E-state index contributed by atoms with van der Waals surface area (Å²) < 4.78 is 0. The van der Waals surface area contributed by atoms with Crippen molar-refractivity contribution in [1.82, 2.24) is 76.3 Å². The number of carboxylic acids is 1. The van der Waals surface area contributed by atoms with Crippen molar-refractivity contribution in [3.8, 4) is 22.8 Å². The van der Waals surface area contributed by atoms with Crippen molar-refractivity contribution in [2.45, 2.75) is 82.7 Å². The molecule has 1 aliphatic heterocycles. The minimum atomic E-state index is -1.09. The van der Waals surface area contributed by atoms with E-state index in [0.717, 1.165) is 74.9 Å². The zero-order valence-corrected chi connectivity index (χ0v) is 36.1. The Labute approximate surface area is 370 Å². The third kappa shape index (κ3) is 7.10. The normalized spacial score (nSPS) is 17.4. The predicted octanol–water partition coefficient (Wildman–Crippen LogP) is 5.33. The summed E-state index contributed by atoms with van der Waals surface area (Å²) in [5, 5.41) is 43.0. The summed E-state index contributed by atoms with van der Waals surface area (Å²) in [6, 6.07) is 11.9. The minimum absolute atomic E-state index is 0.0414. The Kier molecular flexibility index (Phi) is 9.95. The molecule has 2 fully saturated rings. The molecule has 0 spiro atoms. The van der Waals surface area contributed by atoms with Gasteiger partial charge in [-0.3, -0.25) is 34.8 Å². The number of carboxylic acid groups (broad SMARTS) is 1. The molecule has 7 heterocycles. The maximum absolute atomic E-state index is 13.0. The van der Waals surface area contributed by atoms with Crippen molar-refractivity contribution in [3.05, 3.63) is 106 Å². The highest BCUT2D eigenvalue weighted by atomic mass is 16.4. The minimum Gasteiger partial charge on any atom is -0.475 e. The van der Waals surface area contributed by atoms with Crippen LogP contribution < -0.4 is 10.6 Å². The van der Waals surface area contributed by atoms with Crippen LogP contribution in [0.4, 0.5) is 0 Å². The lowest BCUT2D eigenvalue weighted by atomic mass is 9.82. The maximum Gasteiger partial charge on any atom is 0.373 e. The topological polar surface area (TPSA) is 288 Å². The predicted molar refractivity (Wildman–Crippen MR) is 237 cm³/mol. The van der Waals surface area contributed by atoms with Crippen LogP contribution in [0.5, 0.6) is 0 Å². The molecule has 3 amide bonds. The third-order valence-electron chi connectivity index (χ3n) is 13.2. The number of hydrogen-bond acceptors (Lipinski definition) is 10. The summed E-state index contributed by atoms with van der Waals surface area (Å²) in [6.45, 7) is 9.78. The summed E-state index contributed by atoms with van der Waals surface area (Å²) in [5.41, 5.74) is 12.0. The van der Waals surface area contributed by atoms with Gasteiger partial charge in [-0.2, -0.15) is 20.4 Å². The van der Waals surface area contributed by atoms with Gasteiger partial charge in [-0.15, -0.1) is 0 Å². The number of fused-ring (bicyclic) bond motifs is 10. The van der Waals surface area contributed by atoms with E-state index in [0.29, 0.717) is 31.1 Å². The standard InChI is InChI=1S/C22H22N8O2.C20H22N4O.C3H3N3O2/c1-22(2)14-8-24-28-17(14)18-16(22)13-7-11(3-4-15(13)27-18)20(31)26-12-5-6-30(9-12)21(32)19-23-10-25-29-19;1-20(2)14-10-21-24-17(14)18-16(20)13-9-11(7-8-15(13)23-18)19(25)22-12-5-3-4-6-12;7-3(8)2-4-1-5-6-2/h3-4,7-8,10,12,27H,5-6,9H2,1-2H3,(H,24,28)(H,26,31)(H,23,25,29);7-10,12,23H,3-6H2,1-2H3,(H,21,24)(H,22,25);1H,(H,7,8)(H,4,5,6). The van der Waals surface area contributed by atoms with E-state index < -0.39 is 5.97 Å². The van der Waals surface area contributed by atoms with E-state index in [1.54, 1.807) is 4.90 Å². The molecular weight excluding hydrogens is 831 g/mol. The van der Waals surface area contributed by atoms with Gasteiger partial charge in [0.15, 0.2) is 0 Å². The highest BCUT2D eigenvalue weighted by molar-refractivity contribution is 6.04. The highest BCUT2D eigenvalue weighted by Crippen LogP contribution is 2.51. The van der Waals surface area contributed by atoms with Gasteiger partial charge in [0.2, 0.25) is 11.6 Å². The summed E-state index contributed by atoms with van der Waals surface area (Å²) in [7, 11) is 0. The van der Waals surface area contributed by atoms with E-state index in [1.165, 1.54) is 35.9 Å². The molecule has 8 aromatic rings. The fourth-order valence-electron chi connectivity index (χ4n) is 9.95. The second kappa shape index (κ2) is 15.7. The van der Waals surface area contributed by atoms with Crippen molar-refractivity contribution in [2.24, 2.45) is 0 Å². The summed E-state index contributed by atoms with van der Waals surface area (Å²) in [4.78, 5) is 64.0. The molecule has 2 aromatic carbocycles. The number of H-pyrrole nitrogens is 6. The second-order valence-corrected chi connectivity index (χ2v) is 18.0. The number of rotatable bonds is 6. The molecule has 4 aliphatic rings. The molecule has 20 heteroatoms. The Morgan fingerprint density at radius 3 is 1.63 bits per heavy atom. The number of carbonyl (C=O) groups is 4. The smallest absolute Gasteiger partial charge is 0.373 e. The lowest BCUT2D eigenvalue weighted by Crippen LogP contribution is -2.38. The highest BCUT2D eigenvalue weighted by Gasteiger charge is 2.42. The van der Waals surface area contributed by atoms with E-state index in [-0.39, 0.29) is 46.2 Å². The summed E-state index contributed by atoms with van der Waals surface area (Å²) >= 11 is 0. The van der Waals surface area contributed by atoms with Crippen LogP contribution in [0, 0.1) is 0 Å². The first-order valence-corrected chi connectivity index (χ1v) is 21.6. The lowest BCUT2D eigenvalue weighted by molar-refractivity contribution is 0.0682. The molecule has 12 rings (SSSR count).